The third kappa shape index (κ3) is 8.04. The third-order valence-corrected chi connectivity index (χ3v) is 6.89. The number of aliphatic imine (C=N–C) groups is 1. The molecular formula is C18H33ClN4O6SSi2. The predicted molar refractivity (Wildman–Crippen MR) is 131 cm³/mol. The summed E-state index contributed by atoms with van der Waals surface area (Å²) in [6.07, 6.45) is -1.47. The summed E-state index contributed by atoms with van der Waals surface area (Å²) < 4.78 is 23.4. The average molecular weight is 525 g/mol. The Morgan fingerprint density at radius 1 is 1.28 bits per heavy atom. The van der Waals surface area contributed by atoms with Crippen molar-refractivity contribution >= 4 is 63.0 Å². The van der Waals surface area contributed by atoms with E-state index in [1.54, 1.807) is 6.92 Å². The molecular weight excluding hydrogens is 492 g/mol. The molecule has 32 heavy (non-hydrogen) atoms. The number of halogens is 1. The smallest absolute Gasteiger partial charge is 0.436 e. The van der Waals surface area contributed by atoms with Crippen LogP contribution in [0.2, 0.25) is 39.3 Å². The van der Waals surface area contributed by atoms with Crippen molar-refractivity contribution in [1.29, 1.82) is 0 Å². The summed E-state index contributed by atoms with van der Waals surface area (Å²) >= 11 is 11.1. The Kier molecular flexibility index (Phi) is 9.24. The Balaban J connectivity index is 2.19. The number of guanidine groups is 1. The zero-order valence-electron chi connectivity index (χ0n) is 19.6. The lowest BCUT2D eigenvalue weighted by atomic mass is 10.2. The summed E-state index contributed by atoms with van der Waals surface area (Å²) in [6, 6.07) is -0.485. The van der Waals surface area contributed by atoms with Crippen LogP contribution in [-0.2, 0) is 18.3 Å². The zero-order valence-corrected chi connectivity index (χ0v) is 23.2. The topological polar surface area (TPSA) is 102 Å². The van der Waals surface area contributed by atoms with E-state index in [1.165, 1.54) is 9.80 Å². The molecule has 3 unspecified atom stereocenters. The molecule has 0 spiro atoms. The van der Waals surface area contributed by atoms with Crippen LogP contribution in [-0.4, -0.2) is 87.3 Å². The number of nitrogens with one attached hydrogen (secondary N) is 1. The van der Waals surface area contributed by atoms with E-state index in [0.717, 1.165) is 0 Å². The quantitative estimate of drug-likeness (QED) is 0.234. The summed E-state index contributed by atoms with van der Waals surface area (Å²) in [7, 11) is -3.64. The van der Waals surface area contributed by atoms with E-state index >= 15 is 0 Å². The summed E-state index contributed by atoms with van der Waals surface area (Å²) in [6.45, 7) is 14.8. The maximum atomic E-state index is 12.8. The highest BCUT2D eigenvalue weighted by molar-refractivity contribution is 7.83. The van der Waals surface area contributed by atoms with Crippen molar-refractivity contribution in [1.82, 2.24) is 15.1 Å². The summed E-state index contributed by atoms with van der Waals surface area (Å²) in [5, 5.41) is 2.55. The van der Waals surface area contributed by atoms with Crippen LogP contribution in [0.5, 0.6) is 0 Å². The number of hydrogen-bond acceptors (Lipinski definition) is 7. The monoisotopic (exact) mass is 524 g/mol. The Bertz CT molecular complexity index is 761. The van der Waals surface area contributed by atoms with Crippen molar-refractivity contribution in [2.75, 3.05) is 19.9 Å². The third-order valence-electron chi connectivity index (χ3n) is 4.42. The number of carbonyl (C=O) groups is 2. The van der Waals surface area contributed by atoms with E-state index in [-0.39, 0.29) is 35.9 Å². The van der Waals surface area contributed by atoms with Gasteiger partial charge in [-0.3, -0.25) is 15.1 Å². The lowest BCUT2D eigenvalue weighted by Crippen LogP contribution is -2.63. The van der Waals surface area contributed by atoms with Gasteiger partial charge in [0.25, 0.3) is 0 Å². The minimum atomic E-state index is -1.87. The largest absolute Gasteiger partial charge is 0.448 e. The van der Waals surface area contributed by atoms with Crippen molar-refractivity contribution in [3.05, 3.63) is 0 Å². The van der Waals surface area contributed by atoms with E-state index in [2.05, 4.69) is 49.6 Å². The van der Waals surface area contributed by atoms with Crippen LogP contribution in [0.1, 0.15) is 13.3 Å². The molecule has 14 heteroatoms. The van der Waals surface area contributed by atoms with Crippen molar-refractivity contribution in [2.24, 2.45) is 4.99 Å². The van der Waals surface area contributed by atoms with Gasteiger partial charge in [0.05, 0.1) is 19.3 Å². The first-order valence-corrected chi connectivity index (χ1v) is 18.1. The molecule has 0 aromatic carbocycles. The molecule has 0 aliphatic carbocycles. The van der Waals surface area contributed by atoms with Gasteiger partial charge < -0.3 is 18.3 Å². The molecule has 2 aliphatic rings. The average Bonchev–Trinajstić information content (AvgIpc) is 3.00. The number of nitrogens with zero attached hydrogens (tertiary/aromatic N) is 3. The fourth-order valence-corrected chi connectivity index (χ4v) is 5.26. The van der Waals surface area contributed by atoms with Crippen LogP contribution < -0.4 is 5.32 Å². The van der Waals surface area contributed by atoms with Crippen molar-refractivity contribution in [3.8, 4) is 0 Å². The molecule has 0 bridgehead atoms. The molecule has 3 atom stereocenters. The standard InChI is InChI=1S/C18H33ClN4O6SSi2/c1-8-26-18(25)21-16-20-17(24)22(11-23(16)15(19)30)14-9-12(29-32(5,6)7)13(28-14)10-27-31(2,3)4/h12-14H,8-11H2,1-7H3,(H,20,21,24,25). The van der Waals surface area contributed by atoms with E-state index in [9.17, 15) is 9.59 Å². The molecule has 2 heterocycles. The van der Waals surface area contributed by atoms with Gasteiger partial charge in [-0.25, -0.2) is 9.59 Å². The number of thiocarbonyl (C=S) groups is 1. The van der Waals surface area contributed by atoms with Crippen molar-refractivity contribution in [2.45, 2.75) is 71.1 Å². The second-order valence-electron chi connectivity index (χ2n) is 9.41. The molecule has 2 fully saturated rings. The maximum absolute atomic E-state index is 12.8. The second-order valence-corrected chi connectivity index (χ2v) is 19.4. The Morgan fingerprint density at radius 2 is 1.94 bits per heavy atom. The number of rotatable bonds is 7. The van der Waals surface area contributed by atoms with E-state index < -0.39 is 35.0 Å². The lowest BCUT2D eigenvalue weighted by Gasteiger charge is -2.38. The summed E-state index contributed by atoms with van der Waals surface area (Å²) in [5.41, 5.74) is 0. The van der Waals surface area contributed by atoms with Gasteiger partial charge in [0, 0.05) is 6.42 Å². The van der Waals surface area contributed by atoms with Gasteiger partial charge in [-0.2, -0.15) is 0 Å². The van der Waals surface area contributed by atoms with Gasteiger partial charge in [0.15, 0.2) is 21.1 Å². The molecule has 10 nitrogen and oxygen atoms in total. The van der Waals surface area contributed by atoms with Crippen molar-refractivity contribution in [3.63, 3.8) is 0 Å². The van der Waals surface area contributed by atoms with Crippen LogP contribution in [0.4, 0.5) is 9.59 Å². The number of carbonyl (C=O) groups excluding carboxylic acids is 2. The van der Waals surface area contributed by atoms with Crippen LogP contribution >= 0.6 is 23.8 Å². The van der Waals surface area contributed by atoms with Crippen LogP contribution in [0.15, 0.2) is 4.99 Å². The summed E-state index contributed by atoms with van der Waals surface area (Å²) in [5.74, 6) is -0.0868. The fraction of sp³-hybridized carbons (Fsp3) is 0.778. The first-order valence-electron chi connectivity index (χ1n) is 10.5. The highest BCUT2D eigenvalue weighted by atomic mass is 35.5. The van der Waals surface area contributed by atoms with Crippen molar-refractivity contribution < 1.29 is 27.9 Å². The minimum absolute atomic E-state index is 0.0294. The molecule has 2 rings (SSSR count). The number of urea groups is 1. The van der Waals surface area contributed by atoms with Gasteiger partial charge in [0.1, 0.15) is 19.0 Å². The second kappa shape index (κ2) is 10.9. The molecule has 182 valence electrons. The zero-order chi connectivity index (χ0) is 24.3. The van der Waals surface area contributed by atoms with E-state index in [4.69, 9.17) is 42.1 Å². The van der Waals surface area contributed by atoms with Crippen LogP contribution in [0, 0.1) is 0 Å². The molecule has 0 saturated carbocycles. The molecule has 2 saturated heterocycles. The van der Waals surface area contributed by atoms with E-state index in [1.807, 2.05) is 0 Å². The number of amides is 3. The minimum Gasteiger partial charge on any atom is -0.448 e. The first-order chi connectivity index (χ1) is 14.7. The van der Waals surface area contributed by atoms with Gasteiger partial charge >= 0.3 is 12.1 Å². The molecule has 0 aromatic rings. The van der Waals surface area contributed by atoms with Gasteiger partial charge in [-0.1, -0.05) is 11.6 Å². The number of ether oxygens (including phenoxy) is 2. The molecule has 3 amide bonds. The van der Waals surface area contributed by atoms with Crippen LogP contribution in [0.3, 0.4) is 0 Å². The maximum Gasteiger partial charge on any atom is 0.436 e. The fourth-order valence-electron chi connectivity index (χ4n) is 3.16. The molecule has 0 radical (unpaired) electrons. The lowest BCUT2D eigenvalue weighted by molar-refractivity contribution is -0.0656. The predicted octanol–water partition coefficient (Wildman–Crippen LogP) is 3.49. The van der Waals surface area contributed by atoms with Gasteiger partial charge in [0.2, 0.25) is 5.96 Å². The Morgan fingerprint density at radius 3 is 2.47 bits per heavy atom. The molecule has 2 aliphatic heterocycles. The highest BCUT2D eigenvalue weighted by Crippen LogP contribution is 2.30. The SMILES string of the molecule is CCOC(=O)N=C1NC(=O)N(C2CC(O[Si](C)(C)C)C(CO[Si](C)(C)C)O2)CN1C(=S)Cl. The van der Waals surface area contributed by atoms with Gasteiger partial charge in [-0.05, 0) is 58.4 Å². The Labute approximate surface area is 201 Å². The Hall–Kier alpha value is -1.10. The molecule has 0 aromatic heterocycles. The summed E-state index contributed by atoms with van der Waals surface area (Å²) in [4.78, 5) is 31.1. The number of hydrogen-bond donors (Lipinski definition) is 1. The normalized spacial score (nSPS) is 25.8. The highest BCUT2D eigenvalue weighted by Gasteiger charge is 2.45. The first kappa shape index (κ1) is 27.2. The molecule has 1 N–H and O–H groups in total. The van der Waals surface area contributed by atoms with E-state index in [0.29, 0.717) is 13.0 Å². The van der Waals surface area contributed by atoms with Crippen LogP contribution in [0.25, 0.3) is 0 Å². The van der Waals surface area contributed by atoms with Gasteiger partial charge in [-0.15, -0.1) is 4.99 Å².